The first kappa shape index (κ1) is 14.8. The Morgan fingerprint density at radius 1 is 1.20 bits per heavy atom. The summed E-state index contributed by atoms with van der Waals surface area (Å²) in [6.07, 6.45) is 0.195. The number of rotatable bonds is 5. The summed E-state index contributed by atoms with van der Waals surface area (Å²) in [4.78, 5) is 12.4. The maximum absolute atomic E-state index is 12.4. The number of aryl methyl sites for hydroxylation is 1. The van der Waals surface area contributed by atoms with Crippen LogP contribution in [0.15, 0.2) is 53.0 Å². The summed E-state index contributed by atoms with van der Waals surface area (Å²) >= 11 is 3.46. The third-order valence-electron chi connectivity index (χ3n) is 3.13. The van der Waals surface area contributed by atoms with Crippen LogP contribution < -0.4 is 4.74 Å². The molecule has 2 rings (SSSR count). The standard InChI is InChI=1S/C17H17BrO2/c1-3-16(17(19)13-7-5-4-6-8-13)20-14-9-10-15(18)12(2)11-14/h4-11,16H,3H2,1-2H3. The summed E-state index contributed by atoms with van der Waals surface area (Å²) in [7, 11) is 0. The first-order chi connectivity index (χ1) is 9.61. The number of halogens is 1. The fourth-order valence-corrected chi connectivity index (χ4v) is 2.21. The summed E-state index contributed by atoms with van der Waals surface area (Å²) in [5, 5.41) is 0. The molecular formula is C17H17BrO2. The average Bonchev–Trinajstić information content (AvgIpc) is 2.48. The molecule has 0 spiro atoms. The van der Waals surface area contributed by atoms with Crippen LogP contribution in [-0.4, -0.2) is 11.9 Å². The number of carbonyl (C=O) groups excluding carboxylic acids is 1. The van der Waals surface area contributed by atoms with Gasteiger partial charge in [0, 0.05) is 10.0 Å². The second-order valence-corrected chi connectivity index (χ2v) is 5.51. The molecule has 0 saturated heterocycles. The van der Waals surface area contributed by atoms with E-state index in [2.05, 4.69) is 15.9 Å². The maximum atomic E-state index is 12.4. The molecule has 0 amide bonds. The molecule has 0 aliphatic rings. The third-order valence-corrected chi connectivity index (χ3v) is 4.02. The van der Waals surface area contributed by atoms with Gasteiger partial charge in [0.1, 0.15) is 5.75 Å². The van der Waals surface area contributed by atoms with Crippen LogP contribution in [0.3, 0.4) is 0 Å². The Kier molecular flexibility index (Phi) is 4.96. The highest BCUT2D eigenvalue weighted by Gasteiger charge is 2.20. The maximum Gasteiger partial charge on any atom is 0.203 e. The molecule has 0 N–H and O–H groups in total. The fraction of sp³-hybridized carbons (Fsp3) is 0.235. The van der Waals surface area contributed by atoms with Crippen molar-refractivity contribution < 1.29 is 9.53 Å². The predicted molar refractivity (Wildman–Crippen MR) is 84.4 cm³/mol. The SMILES string of the molecule is CCC(Oc1ccc(Br)c(C)c1)C(=O)c1ccccc1. The minimum absolute atomic E-state index is 0.0219. The van der Waals surface area contributed by atoms with Crippen molar-refractivity contribution in [2.24, 2.45) is 0 Å². The summed E-state index contributed by atoms with van der Waals surface area (Å²) in [6, 6.07) is 15.0. The number of ether oxygens (including phenoxy) is 1. The van der Waals surface area contributed by atoms with Crippen LogP contribution in [0.1, 0.15) is 29.3 Å². The molecule has 0 fully saturated rings. The van der Waals surface area contributed by atoms with E-state index >= 15 is 0 Å². The number of Topliss-reactive ketones (excluding diaryl/α,β-unsaturated/α-hetero) is 1. The van der Waals surface area contributed by atoms with Gasteiger partial charge in [0.25, 0.3) is 0 Å². The zero-order chi connectivity index (χ0) is 14.5. The van der Waals surface area contributed by atoms with Gasteiger partial charge in [-0.25, -0.2) is 0 Å². The van der Waals surface area contributed by atoms with Crippen molar-refractivity contribution >= 4 is 21.7 Å². The summed E-state index contributed by atoms with van der Waals surface area (Å²) in [5.41, 5.74) is 1.78. The van der Waals surface area contributed by atoms with E-state index in [4.69, 9.17) is 4.74 Å². The molecule has 0 bridgehead atoms. The largest absolute Gasteiger partial charge is 0.482 e. The van der Waals surface area contributed by atoms with Crippen molar-refractivity contribution in [1.29, 1.82) is 0 Å². The van der Waals surface area contributed by atoms with Crippen molar-refractivity contribution in [3.05, 3.63) is 64.1 Å². The molecule has 2 aromatic carbocycles. The van der Waals surface area contributed by atoms with Gasteiger partial charge in [-0.3, -0.25) is 4.79 Å². The van der Waals surface area contributed by atoms with Gasteiger partial charge in [0.15, 0.2) is 6.10 Å². The zero-order valence-electron chi connectivity index (χ0n) is 11.6. The second kappa shape index (κ2) is 6.71. The molecule has 1 unspecified atom stereocenters. The van der Waals surface area contributed by atoms with Gasteiger partial charge in [0.05, 0.1) is 0 Å². The highest BCUT2D eigenvalue weighted by atomic mass is 79.9. The summed E-state index contributed by atoms with van der Waals surface area (Å²) in [6.45, 7) is 3.95. The first-order valence-electron chi connectivity index (χ1n) is 6.64. The summed E-state index contributed by atoms with van der Waals surface area (Å²) in [5.74, 6) is 0.746. The number of carbonyl (C=O) groups is 1. The molecule has 20 heavy (non-hydrogen) atoms. The third kappa shape index (κ3) is 3.48. The van der Waals surface area contributed by atoms with Crippen LogP contribution in [0.4, 0.5) is 0 Å². The minimum atomic E-state index is -0.446. The van der Waals surface area contributed by atoms with Crippen LogP contribution in [0.5, 0.6) is 5.75 Å². The normalized spacial score (nSPS) is 11.9. The van der Waals surface area contributed by atoms with Crippen molar-refractivity contribution in [2.75, 3.05) is 0 Å². The van der Waals surface area contributed by atoms with Gasteiger partial charge in [-0.15, -0.1) is 0 Å². The average molecular weight is 333 g/mol. The van der Waals surface area contributed by atoms with E-state index in [0.717, 1.165) is 15.8 Å². The van der Waals surface area contributed by atoms with Gasteiger partial charge < -0.3 is 4.74 Å². The van der Waals surface area contributed by atoms with E-state index in [0.29, 0.717) is 12.0 Å². The van der Waals surface area contributed by atoms with Crippen molar-refractivity contribution in [2.45, 2.75) is 26.4 Å². The van der Waals surface area contributed by atoms with Gasteiger partial charge in [-0.1, -0.05) is 53.2 Å². The van der Waals surface area contributed by atoms with E-state index in [1.165, 1.54) is 0 Å². The summed E-state index contributed by atoms with van der Waals surface area (Å²) < 4.78 is 6.88. The van der Waals surface area contributed by atoms with Crippen LogP contribution >= 0.6 is 15.9 Å². The molecule has 2 nitrogen and oxygen atoms in total. The Balaban J connectivity index is 2.16. The van der Waals surface area contributed by atoms with Gasteiger partial charge in [0.2, 0.25) is 5.78 Å². The Morgan fingerprint density at radius 2 is 1.90 bits per heavy atom. The molecule has 0 aliphatic heterocycles. The molecule has 0 heterocycles. The molecule has 0 aromatic heterocycles. The molecule has 0 aliphatic carbocycles. The molecule has 0 radical (unpaired) electrons. The van der Waals surface area contributed by atoms with E-state index in [1.54, 1.807) is 0 Å². The van der Waals surface area contributed by atoms with E-state index < -0.39 is 6.10 Å². The molecular weight excluding hydrogens is 316 g/mol. The lowest BCUT2D eigenvalue weighted by atomic mass is 10.0. The van der Waals surface area contributed by atoms with Gasteiger partial charge in [-0.2, -0.15) is 0 Å². The Labute approximate surface area is 127 Å². The molecule has 104 valence electrons. The molecule has 3 heteroatoms. The smallest absolute Gasteiger partial charge is 0.203 e. The number of hydrogen-bond donors (Lipinski definition) is 0. The first-order valence-corrected chi connectivity index (χ1v) is 7.43. The highest BCUT2D eigenvalue weighted by molar-refractivity contribution is 9.10. The van der Waals surface area contributed by atoms with Crippen LogP contribution in [0.2, 0.25) is 0 Å². The Bertz CT molecular complexity index is 593. The van der Waals surface area contributed by atoms with Crippen LogP contribution in [0, 0.1) is 6.92 Å². The highest BCUT2D eigenvalue weighted by Crippen LogP contribution is 2.23. The van der Waals surface area contributed by atoms with E-state index in [9.17, 15) is 4.79 Å². The van der Waals surface area contributed by atoms with E-state index in [1.807, 2.05) is 62.4 Å². The van der Waals surface area contributed by atoms with Gasteiger partial charge in [-0.05, 0) is 37.1 Å². The fourth-order valence-electron chi connectivity index (χ4n) is 1.97. The second-order valence-electron chi connectivity index (χ2n) is 4.66. The number of benzene rings is 2. The predicted octanol–water partition coefficient (Wildman–Crippen LogP) is 4.80. The monoisotopic (exact) mass is 332 g/mol. The van der Waals surface area contributed by atoms with Crippen molar-refractivity contribution in [1.82, 2.24) is 0 Å². The van der Waals surface area contributed by atoms with Crippen LogP contribution in [0.25, 0.3) is 0 Å². The van der Waals surface area contributed by atoms with E-state index in [-0.39, 0.29) is 5.78 Å². The number of ketones is 1. The minimum Gasteiger partial charge on any atom is -0.482 e. The Hall–Kier alpha value is -1.61. The lowest BCUT2D eigenvalue weighted by Crippen LogP contribution is -2.26. The zero-order valence-corrected chi connectivity index (χ0v) is 13.2. The number of hydrogen-bond acceptors (Lipinski definition) is 2. The Morgan fingerprint density at radius 3 is 2.50 bits per heavy atom. The molecule has 0 saturated carbocycles. The van der Waals surface area contributed by atoms with Crippen molar-refractivity contribution in [3.63, 3.8) is 0 Å². The van der Waals surface area contributed by atoms with Crippen LogP contribution in [-0.2, 0) is 0 Å². The lowest BCUT2D eigenvalue weighted by molar-refractivity contribution is 0.0786. The lowest BCUT2D eigenvalue weighted by Gasteiger charge is -2.17. The molecule has 2 aromatic rings. The molecule has 1 atom stereocenters. The van der Waals surface area contributed by atoms with Crippen molar-refractivity contribution in [3.8, 4) is 5.75 Å². The quantitative estimate of drug-likeness (QED) is 0.735. The van der Waals surface area contributed by atoms with Gasteiger partial charge >= 0.3 is 0 Å². The topological polar surface area (TPSA) is 26.3 Å².